The normalized spacial score (nSPS) is 15.9. The highest BCUT2D eigenvalue weighted by Crippen LogP contribution is 2.20. The van der Waals surface area contributed by atoms with Gasteiger partial charge in [0.2, 0.25) is 5.91 Å². The predicted octanol–water partition coefficient (Wildman–Crippen LogP) is 1.94. The van der Waals surface area contributed by atoms with Gasteiger partial charge in [0.05, 0.1) is 12.1 Å². The predicted molar refractivity (Wildman–Crippen MR) is 72.9 cm³/mol. The van der Waals surface area contributed by atoms with E-state index in [2.05, 4.69) is 5.32 Å². The molecule has 0 atom stereocenters. The van der Waals surface area contributed by atoms with Gasteiger partial charge in [0.1, 0.15) is 6.61 Å². The first-order chi connectivity index (χ1) is 9.06. The van der Waals surface area contributed by atoms with E-state index in [0.29, 0.717) is 24.7 Å². The zero-order chi connectivity index (χ0) is 14.3. The Morgan fingerprint density at radius 1 is 1.53 bits per heavy atom. The van der Waals surface area contributed by atoms with Gasteiger partial charge in [-0.25, -0.2) is 4.39 Å². The van der Waals surface area contributed by atoms with Crippen molar-refractivity contribution in [3.63, 3.8) is 0 Å². The molecule has 0 saturated heterocycles. The lowest BCUT2D eigenvalue weighted by atomic mass is 10.0. The Labute approximate surface area is 113 Å². The molecule has 0 aromatic heterocycles. The fourth-order valence-corrected chi connectivity index (χ4v) is 1.60. The van der Waals surface area contributed by atoms with E-state index < -0.39 is 0 Å². The lowest BCUT2D eigenvalue weighted by Crippen LogP contribution is -2.31. The summed E-state index contributed by atoms with van der Waals surface area (Å²) < 4.78 is 17.7. The second-order valence-electron chi connectivity index (χ2n) is 4.71. The van der Waals surface area contributed by atoms with E-state index in [1.54, 1.807) is 12.2 Å². The number of halogens is 1. The third kappa shape index (κ3) is 5.26. The maximum atomic E-state index is 12.3. The number of hydrogen-bond donors (Lipinski definition) is 2. The molecule has 0 heterocycles. The van der Waals surface area contributed by atoms with Gasteiger partial charge in [0.15, 0.2) is 0 Å². The average Bonchev–Trinajstić information content (AvgIpc) is 2.39. The molecule has 0 saturated carbocycles. The summed E-state index contributed by atoms with van der Waals surface area (Å²) in [6, 6.07) is 0.122. The van der Waals surface area contributed by atoms with Crippen LogP contribution in [0.1, 0.15) is 26.7 Å². The maximum Gasteiger partial charge on any atom is 0.247 e. The molecule has 0 aromatic carbocycles. The van der Waals surface area contributed by atoms with Crippen LogP contribution in [-0.4, -0.2) is 25.1 Å². The fourth-order valence-electron chi connectivity index (χ4n) is 1.60. The minimum atomic E-state index is -0.0448. The van der Waals surface area contributed by atoms with Crippen LogP contribution >= 0.6 is 0 Å². The topological polar surface area (TPSA) is 64.3 Å². The number of ether oxygens (including phenoxy) is 1. The van der Waals surface area contributed by atoms with Crippen molar-refractivity contribution in [1.82, 2.24) is 5.32 Å². The third-order valence-corrected chi connectivity index (χ3v) is 2.68. The standard InChI is InChI=1S/C14H21FN2O2/c1-10(2)17-14(18)12-3-5-13(6-4-12)19-9-11(7-15)8-16/h3,5,7,10H,4,6,8-9,16H2,1-2H3,(H,17,18)/b11-7+. The summed E-state index contributed by atoms with van der Waals surface area (Å²) in [6.45, 7) is 4.13. The van der Waals surface area contributed by atoms with E-state index >= 15 is 0 Å². The van der Waals surface area contributed by atoms with Gasteiger partial charge in [-0.1, -0.05) is 6.08 Å². The Morgan fingerprint density at radius 2 is 2.26 bits per heavy atom. The minimum absolute atomic E-state index is 0.0448. The highest BCUT2D eigenvalue weighted by Gasteiger charge is 2.14. The van der Waals surface area contributed by atoms with Crippen molar-refractivity contribution in [3.05, 3.63) is 35.4 Å². The van der Waals surface area contributed by atoms with Crippen molar-refractivity contribution in [1.29, 1.82) is 0 Å². The van der Waals surface area contributed by atoms with Crippen LogP contribution in [0.15, 0.2) is 35.4 Å². The fraction of sp³-hybridized carbons (Fsp3) is 0.500. The summed E-state index contributed by atoms with van der Waals surface area (Å²) in [6.07, 6.45) is 5.24. The number of rotatable bonds is 6. The molecule has 19 heavy (non-hydrogen) atoms. The van der Waals surface area contributed by atoms with E-state index in [1.165, 1.54) is 0 Å². The molecule has 5 heteroatoms. The molecule has 106 valence electrons. The molecule has 0 fully saturated rings. The van der Waals surface area contributed by atoms with Gasteiger partial charge in [-0.2, -0.15) is 0 Å². The summed E-state index contributed by atoms with van der Waals surface area (Å²) >= 11 is 0. The van der Waals surface area contributed by atoms with Gasteiger partial charge in [0.25, 0.3) is 0 Å². The molecule has 4 nitrogen and oxygen atoms in total. The number of carbonyl (C=O) groups is 1. The smallest absolute Gasteiger partial charge is 0.247 e. The number of hydrogen-bond acceptors (Lipinski definition) is 3. The van der Waals surface area contributed by atoms with Crippen LogP contribution < -0.4 is 11.1 Å². The van der Waals surface area contributed by atoms with Crippen molar-refractivity contribution >= 4 is 5.91 Å². The van der Waals surface area contributed by atoms with Crippen molar-refractivity contribution in [2.75, 3.05) is 13.2 Å². The SMILES string of the molecule is CC(C)NC(=O)C1=CC=C(OC/C(=C/F)CN)CC1. The zero-order valence-electron chi connectivity index (χ0n) is 11.4. The summed E-state index contributed by atoms with van der Waals surface area (Å²) in [5, 5.41) is 2.84. The highest BCUT2D eigenvalue weighted by molar-refractivity contribution is 5.94. The first kappa shape index (κ1) is 15.4. The monoisotopic (exact) mass is 268 g/mol. The molecular formula is C14H21FN2O2. The van der Waals surface area contributed by atoms with Crippen LogP contribution in [0.4, 0.5) is 4.39 Å². The lowest BCUT2D eigenvalue weighted by molar-refractivity contribution is -0.118. The highest BCUT2D eigenvalue weighted by atomic mass is 19.1. The number of nitrogens with one attached hydrogen (secondary N) is 1. The maximum absolute atomic E-state index is 12.3. The van der Waals surface area contributed by atoms with Gasteiger partial charge < -0.3 is 15.8 Å². The Bertz CT molecular complexity index is 412. The average molecular weight is 268 g/mol. The number of carbonyl (C=O) groups excluding carboxylic acids is 1. The van der Waals surface area contributed by atoms with Crippen LogP contribution in [0, 0.1) is 0 Å². The van der Waals surface area contributed by atoms with Crippen molar-refractivity contribution in [3.8, 4) is 0 Å². The quantitative estimate of drug-likeness (QED) is 0.774. The summed E-state index contributed by atoms with van der Waals surface area (Å²) in [4.78, 5) is 11.7. The first-order valence-corrected chi connectivity index (χ1v) is 6.38. The van der Waals surface area contributed by atoms with Crippen LogP contribution in [0.25, 0.3) is 0 Å². The summed E-state index contributed by atoms with van der Waals surface area (Å²) in [5.74, 6) is 0.700. The Balaban J connectivity index is 2.51. The van der Waals surface area contributed by atoms with E-state index in [-0.39, 0.29) is 25.1 Å². The molecular weight excluding hydrogens is 247 g/mol. The molecule has 3 N–H and O–H groups in total. The van der Waals surface area contributed by atoms with Crippen LogP contribution in [-0.2, 0) is 9.53 Å². The largest absolute Gasteiger partial charge is 0.493 e. The molecule has 0 radical (unpaired) electrons. The minimum Gasteiger partial charge on any atom is -0.493 e. The van der Waals surface area contributed by atoms with Gasteiger partial charge >= 0.3 is 0 Å². The van der Waals surface area contributed by atoms with Crippen LogP contribution in [0.2, 0.25) is 0 Å². The van der Waals surface area contributed by atoms with E-state index in [4.69, 9.17) is 10.5 Å². The first-order valence-electron chi connectivity index (χ1n) is 6.38. The molecule has 0 bridgehead atoms. The van der Waals surface area contributed by atoms with Crippen molar-refractivity contribution < 1.29 is 13.9 Å². The molecule has 0 spiro atoms. The van der Waals surface area contributed by atoms with Crippen LogP contribution in [0.3, 0.4) is 0 Å². The van der Waals surface area contributed by atoms with Crippen molar-refractivity contribution in [2.24, 2.45) is 5.73 Å². The van der Waals surface area contributed by atoms with Gasteiger partial charge in [-0.3, -0.25) is 4.79 Å². The Morgan fingerprint density at radius 3 is 2.74 bits per heavy atom. The molecule has 1 aliphatic carbocycles. The van der Waals surface area contributed by atoms with Gasteiger partial charge in [-0.15, -0.1) is 0 Å². The van der Waals surface area contributed by atoms with E-state index in [1.807, 2.05) is 13.8 Å². The lowest BCUT2D eigenvalue weighted by Gasteiger charge is -2.17. The zero-order valence-corrected chi connectivity index (χ0v) is 11.4. The molecule has 0 aromatic rings. The van der Waals surface area contributed by atoms with Crippen LogP contribution in [0.5, 0.6) is 0 Å². The summed E-state index contributed by atoms with van der Waals surface area (Å²) in [5.41, 5.74) is 6.48. The number of nitrogens with two attached hydrogens (primary N) is 1. The molecule has 1 rings (SSSR count). The van der Waals surface area contributed by atoms with Crippen molar-refractivity contribution in [2.45, 2.75) is 32.7 Å². The molecule has 1 aliphatic rings. The third-order valence-electron chi connectivity index (χ3n) is 2.68. The Hall–Kier alpha value is -1.62. The second-order valence-corrected chi connectivity index (χ2v) is 4.71. The number of allylic oxidation sites excluding steroid dienone is 3. The Kier molecular flexibility index (Phi) is 6.29. The summed E-state index contributed by atoms with van der Waals surface area (Å²) in [7, 11) is 0. The van der Waals surface area contributed by atoms with E-state index in [9.17, 15) is 9.18 Å². The molecule has 0 aliphatic heterocycles. The van der Waals surface area contributed by atoms with Gasteiger partial charge in [-0.05, 0) is 26.3 Å². The van der Waals surface area contributed by atoms with Gasteiger partial charge in [0, 0.05) is 30.2 Å². The molecule has 1 amide bonds. The second kappa shape index (κ2) is 7.74. The van der Waals surface area contributed by atoms with E-state index in [0.717, 1.165) is 11.3 Å². The number of amides is 1. The molecule has 0 unspecified atom stereocenters.